The van der Waals surface area contributed by atoms with Gasteiger partial charge in [0.15, 0.2) is 0 Å². The lowest BCUT2D eigenvalue weighted by Gasteiger charge is -2.17. The third-order valence-electron chi connectivity index (χ3n) is 4.20. The number of aromatic nitrogens is 2. The summed E-state index contributed by atoms with van der Waals surface area (Å²) in [4.78, 5) is 12.3. The molecule has 140 valence electrons. The van der Waals surface area contributed by atoms with Crippen LogP contribution in [0.25, 0.3) is 0 Å². The normalized spacial score (nSPS) is 11.9. The predicted octanol–water partition coefficient (Wildman–Crippen LogP) is 4.33. The third kappa shape index (κ3) is 5.69. The molecule has 0 fully saturated rings. The van der Waals surface area contributed by atoms with Crippen molar-refractivity contribution in [2.45, 2.75) is 38.0 Å². The summed E-state index contributed by atoms with van der Waals surface area (Å²) >= 11 is 1.26. The average molecular weight is 382 g/mol. The summed E-state index contributed by atoms with van der Waals surface area (Å²) in [6.45, 7) is 4.11. The van der Waals surface area contributed by atoms with Crippen LogP contribution in [0.2, 0.25) is 0 Å². The minimum absolute atomic E-state index is 0.00928. The Morgan fingerprint density at radius 3 is 2.56 bits per heavy atom. The van der Waals surface area contributed by atoms with Crippen LogP contribution in [0, 0.1) is 6.92 Å². The molecule has 0 spiro atoms. The van der Waals surface area contributed by atoms with E-state index in [2.05, 4.69) is 53.6 Å². The number of carbonyl (C=O) groups excluding carboxylic acids is 1. The number of hydrogen-bond acceptors (Lipinski definition) is 5. The summed E-state index contributed by atoms with van der Waals surface area (Å²) in [6, 6.07) is 18.2. The van der Waals surface area contributed by atoms with Crippen molar-refractivity contribution in [3.05, 3.63) is 77.2 Å². The van der Waals surface area contributed by atoms with Gasteiger partial charge in [-0.1, -0.05) is 78.8 Å². The summed E-state index contributed by atoms with van der Waals surface area (Å²) in [7, 11) is 0. The smallest absolute Gasteiger partial charge is 0.277 e. The minimum atomic E-state index is -0.0461. The van der Waals surface area contributed by atoms with Gasteiger partial charge < -0.3 is 9.73 Å². The molecule has 1 atom stereocenters. The van der Waals surface area contributed by atoms with Gasteiger partial charge in [-0.3, -0.25) is 4.79 Å². The Kier molecular flexibility index (Phi) is 6.65. The lowest BCUT2D eigenvalue weighted by molar-refractivity contribution is -0.119. The van der Waals surface area contributed by atoms with Gasteiger partial charge in [-0.05, 0) is 24.5 Å². The van der Waals surface area contributed by atoms with Crippen molar-refractivity contribution in [3.63, 3.8) is 0 Å². The molecule has 1 amide bonds. The summed E-state index contributed by atoms with van der Waals surface area (Å²) in [5.41, 5.74) is 3.43. The van der Waals surface area contributed by atoms with Crippen molar-refractivity contribution in [3.8, 4) is 0 Å². The molecule has 5 nitrogen and oxygen atoms in total. The van der Waals surface area contributed by atoms with Crippen LogP contribution >= 0.6 is 11.8 Å². The fourth-order valence-corrected chi connectivity index (χ4v) is 3.31. The van der Waals surface area contributed by atoms with Crippen molar-refractivity contribution in [2.75, 3.05) is 5.75 Å². The SMILES string of the molecule is CCC(NC(=O)CSc1nnc(Cc2ccccc2)o1)c1ccc(C)cc1. The third-order valence-corrected chi connectivity index (χ3v) is 5.01. The maximum absolute atomic E-state index is 12.3. The van der Waals surface area contributed by atoms with Gasteiger partial charge in [0, 0.05) is 0 Å². The first-order valence-corrected chi connectivity index (χ1v) is 9.97. The van der Waals surface area contributed by atoms with E-state index in [1.165, 1.54) is 17.3 Å². The standard InChI is InChI=1S/C21H23N3O2S/c1-3-18(17-11-9-15(2)10-12-17)22-19(25)14-27-21-24-23-20(26-21)13-16-7-5-4-6-8-16/h4-12,18H,3,13-14H2,1-2H3,(H,22,25). The predicted molar refractivity (Wildman–Crippen MR) is 107 cm³/mol. The topological polar surface area (TPSA) is 68.0 Å². The Labute approximate surface area is 163 Å². The van der Waals surface area contributed by atoms with Crippen molar-refractivity contribution in [1.82, 2.24) is 15.5 Å². The van der Waals surface area contributed by atoms with Crippen molar-refractivity contribution < 1.29 is 9.21 Å². The molecule has 1 N–H and O–H groups in total. The maximum atomic E-state index is 12.3. The molecule has 0 saturated heterocycles. The molecule has 1 aromatic heterocycles. The number of aryl methyl sites for hydroxylation is 1. The second-order valence-corrected chi connectivity index (χ2v) is 7.28. The van der Waals surface area contributed by atoms with E-state index in [1.807, 2.05) is 30.3 Å². The first-order chi connectivity index (χ1) is 13.1. The van der Waals surface area contributed by atoms with Gasteiger partial charge in [0.2, 0.25) is 11.8 Å². The highest BCUT2D eigenvalue weighted by Crippen LogP contribution is 2.20. The number of nitrogens with one attached hydrogen (secondary N) is 1. The monoisotopic (exact) mass is 381 g/mol. The Hall–Kier alpha value is -2.60. The molecule has 0 aliphatic carbocycles. The van der Waals surface area contributed by atoms with Gasteiger partial charge in [-0.25, -0.2) is 0 Å². The maximum Gasteiger partial charge on any atom is 0.277 e. The van der Waals surface area contributed by atoms with E-state index in [0.717, 1.165) is 17.5 Å². The molecule has 0 aliphatic heterocycles. The van der Waals surface area contributed by atoms with Crippen LogP contribution in [0.3, 0.4) is 0 Å². The molecule has 27 heavy (non-hydrogen) atoms. The molecule has 0 radical (unpaired) electrons. The molecular weight excluding hydrogens is 358 g/mol. The molecule has 3 rings (SSSR count). The van der Waals surface area contributed by atoms with Gasteiger partial charge in [0.25, 0.3) is 5.22 Å². The minimum Gasteiger partial charge on any atom is -0.416 e. The molecule has 6 heteroatoms. The van der Waals surface area contributed by atoms with Gasteiger partial charge in [0.1, 0.15) is 0 Å². The van der Waals surface area contributed by atoms with Gasteiger partial charge >= 0.3 is 0 Å². The lowest BCUT2D eigenvalue weighted by Crippen LogP contribution is -2.29. The number of amides is 1. The first-order valence-electron chi connectivity index (χ1n) is 8.99. The van der Waals surface area contributed by atoms with Crippen LogP contribution in [0.15, 0.2) is 64.2 Å². The highest BCUT2D eigenvalue weighted by molar-refractivity contribution is 7.99. The van der Waals surface area contributed by atoms with Crippen LogP contribution in [0.1, 0.15) is 42.0 Å². The van der Waals surface area contributed by atoms with E-state index in [4.69, 9.17) is 4.42 Å². The second kappa shape index (κ2) is 9.37. The highest BCUT2D eigenvalue weighted by Gasteiger charge is 2.15. The number of hydrogen-bond donors (Lipinski definition) is 1. The lowest BCUT2D eigenvalue weighted by atomic mass is 10.0. The van der Waals surface area contributed by atoms with Crippen molar-refractivity contribution in [1.29, 1.82) is 0 Å². The average Bonchev–Trinajstić information content (AvgIpc) is 3.13. The van der Waals surface area contributed by atoms with Crippen LogP contribution in [0.5, 0.6) is 0 Å². The van der Waals surface area contributed by atoms with Crippen LogP contribution in [-0.4, -0.2) is 21.9 Å². The van der Waals surface area contributed by atoms with E-state index in [0.29, 0.717) is 17.5 Å². The largest absolute Gasteiger partial charge is 0.416 e. The molecule has 0 bridgehead atoms. The molecule has 1 unspecified atom stereocenters. The number of rotatable bonds is 8. The summed E-state index contributed by atoms with van der Waals surface area (Å²) in [5, 5.41) is 11.6. The van der Waals surface area contributed by atoms with E-state index >= 15 is 0 Å². The summed E-state index contributed by atoms with van der Waals surface area (Å²) < 4.78 is 5.63. The fourth-order valence-electron chi connectivity index (χ4n) is 2.72. The Morgan fingerprint density at radius 1 is 1.11 bits per heavy atom. The van der Waals surface area contributed by atoms with Crippen LogP contribution < -0.4 is 5.32 Å². The second-order valence-electron chi connectivity index (χ2n) is 6.35. The molecule has 1 heterocycles. The van der Waals surface area contributed by atoms with Crippen LogP contribution in [0.4, 0.5) is 0 Å². The number of carbonyl (C=O) groups is 1. The first kappa shape index (κ1) is 19.2. The van der Waals surface area contributed by atoms with Gasteiger partial charge in [-0.2, -0.15) is 0 Å². The van der Waals surface area contributed by atoms with E-state index in [9.17, 15) is 4.79 Å². The number of benzene rings is 2. The zero-order chi connectivity index (χ0) is 19.1. The molecular formula is C21H23N3O2S. The van der Waals surface area contributed by atoms with Crippen molar-refractivity contribution in [2.24, 2.45) is 0 Å². The Morgan fingerprint density at radius 2 is 1.85 bits per heavy atom. The molecule has 0 aliphatic rings. The molecule has 0 saturated carbocycles. The zero-order valence-electron chi connectivity index (χ0n) is 15.5. The Bertz CT molecular complexity index is 863. The van der Waals surface area contributed by atoms with E-state index < -0.39 is 0 Å². The Balaban J connectivity index is 1.50. The summed E-state index contributed by atoms with van der Waals surface area (Å²) in [5.74, 6) is 0.750. The van der Waals surface area contributed by atoms with E-state index in [1.54, 1.807) is 0 Å². The quantitative estimate of drug-likeness (QED) is 0.588. The van der Waals surface area contributed by atoms with E-state index in [-0.39, 0.29) is 17.7 Å². The van der Waals surface area contributed by atoms with Gasteiger partial charge in [-0.15, -0.1) is 10.2 Å². The fraction of sp³-hybridized carbons (Fsp3) is 0.286. The number of thioether (sulfide) groups is 1. The highest BCUT2D eigenvalue weighted by atomic mass is 32.2. The van der Waals surface area contributed by atoms with Crippen LogP contribution in [-0.2, 0) is 11.2 Å². The van der Waals surface area contributed by atoms with Crippen molar-refractivity contribution >= 4 is 17.7 Å². The molecule has 2 aromatic carbocycles. The molecule has 3 aromatic rings. The zero-order valence-corrected chi connectivity index (χ0v) is 16.3. The number of nitrogens with zero attached hydrogens (tertiary/aromatic N) is 2. The summed E-state index contributed by atoms with van der Waals surface area (Å²) in [6.07, 6.45) is 1.42. The van der Waals surface area contributed by atoms with Gasteiger partial charge in [0.05, 0.1) is 18.2 Å².